The number of rotatable bonds is 18. The lowest BCUT2D eigenvalue weighted by atomic mass is 9.88. The van der Waals surface area contributed by atoms with Gasteiger partial charge in [-0.3, -0.25) is 9.59 Å². The Balaban J connectivity index is 0.000000158. The molecule has 20 rings (SSSR count). The van der Waals surface area contributed by atoms with Gasteiger partial charge in [-0.15, -0.1) is 0 Å². The van der Waals surface area contributed by atoms with Gasteiger partial charge >= 0.3 is 5.56 Å². The highest BCUT2D eigenvalue weighted by atomic mass is 16.5. The number of hydrogen-bond acceptors (Lipinski definition) is 12. The molecule has 0 radical (unpaired) electrons. The summed E-state index contributed by atoms with van der Waals surface area (Å²) in [7, 11) is 0. The molecule has 119 heavy (non-hydrogen) atoms. The smallest absolute Gasteiger partial charge is 0.332 e. The fourth-order valence-electron chi connectivity index (χ4n) is 16.5. The third-order valence-electron chi connectivity index (χ3n) is 21.7. The van der Waals surface area contributed by atoms with Crippen molar-refractivity contribution in [2.75, 3.05) is 19.6 Å². The van der Waals surface area contributed by atoms with Crippen LogP contribution in [0, 0.1) is 29.2 Å². The zero-order valence-electron chi connectivity index (χ0n) is 63.6. The molecule has 0 spiro atoms. The van der Waals surface area contributed by atoms with Crippen molar-refractivity contribution in [1.82, 2.24) is 18.8 Å². The number of fused-ring (bicyclic) bond motifs is 4. The minimum Gasteiger partial charge on any atom is -0.408 e. The molecule has 15 nitrogen and oxygen atoms in total. The third-order valence-corrected chi connectivity index (χ3v) is 21.7. The van der Waals surface area contributed by atoms with Gasteiger partial charge in [0.2, 0.25) is 17.2 Å². The number of anilines is 12. The summed E-state index contributed by atoms with van der Waals surface area (Å²) in [5, 5.41) is 25.2. The standard InChI is InChI=1S/C52H32N6O.C52H33N5O3/c1-54-51-47(34-53)55-50-45-32-30-43(35-22-26-41(27-23-35)56(37-14-6-2-7-15-37)38-16-8-3-9-17-38)48-44(31-33-46(49(45)48)52(59)58(50)51)36-24-28-42(29-25-36)57(39-18-10-4-11-19-39)40-20-12-5-13-21-40;53-33-47-52(60-34-58)57-50(54-47)45-31-29-43(35-21-25-41(26-22-35)55(37-13-5-1-6-14-37)38-15-7-2-8-16-38)48-44(30-32-46(49(45)48)51(57)59)36-23-27-42(28-24-36)56(39-17-9-3-10-18-39)40-19-11-4-12-20-40/h2-33H;1-32,34H. The maximum atomic E-state index is 14.4. The minimum absolute atomic E-state index is 0.0671. The number of carbonyl (C=O) groups is 1. The fraction of sp³-hybridized carbons (Fsp3) is 0. The summed E-state index contributed by atoms with van der Waals surface area (Å²) in [5.74, 6) is -0.276. The number of aromatic nitrogens is 4. The van der Waals surface area contributed by atoms with Gasteiger partial charge in [0.15, 0.2) is 11.3 Å². The summed E-state index contributed by atoms with van der Waals surface area (Å²) in [6, 6.07) is 136. The Morgan fingerprint density at radius 2 is 0.529 bits per heavy atom. The van der Waals surface area contributed by atoms with Crippen LogP contribution in [0.15, 0.2) is 398 Å². The molecule has 0 bridgehead atoms. The first-order valence-electron chi connectivity index (χ1n) is 38.6. The van der Waals surface area contributed by atoms with Crippen LogP contribution in [0.3, 0.4) is 0 Å². The van der Waals surface area contributed by atoms with Crippen LogP contribution < -0.4 is 35.5 Å². The molecule has 20 aromatic rings. The van der Waals surface area contributed by atoms with Crippen molar-refractivity contribution < 1.29 is 9.53 Å². The van der Waals surface area contributed by atoms with Crippen LogP contribution in [-0.2, 0) is 4.79 Å². The highest BCUT2D eigenvalue weighted by Gasteiger charge is 2.29. The molecule has 0 atom stereocenters. The van der Waals surface area contributed by atoms with Crippen LogP contribution in [0.5, 0.6) is 5.88 Å². The number of nitriles is 2. The van der Waals surface area contributed by atoms with E-state index < -0.39 is 5.56 Å². The second-order valence-electron chi connectivity index (χ2n) is 28.4. The molecule has 0 amide bonds. The Morgan fingerprint density at radius 3 is 0.782 bits per heavy atom. The summed E-state index contributed by atoms with van der Waals surface area (Å²) in [6.45, 7) is 8.03. The van der Waals surface area contributed by atoms with Crippen LogP contribution in [0.1, 0.15) is 11.4 Å². The van der Waals surface area contributed by atoms with Crippen molar-refractivity contribution in [2.45, 2.75) is 0 Å². The largest absolute Gasteiger partial charge is 0.408 e. The van der Waals surface area contributed by atoms with Gasteiger partial charge in [0, 0.05) is 95.2 Å². The topological polar surface area (TPSA) is 160 Å². The maximum absolute atomic E-state index is 14.4. The molecule has 0 N–H and O–H groups in total. The van der Waals surface area contributed by atoms with E-state index in [9.17, 15) is 24.9 Å². The predicted octanol–water partition coefficient (Wildman–Crippen LogP) is 25.3. The van der Waals surface area contributed by atoms with Crippen LogP contribution in [0.4, 0.5) is 74.1 Å². The lowest BCUT2D eigenvalue weighted by Crippen LogP contribution is -2.15. The first kappa shape index (κ1) is 72.2. The molecule has 4 aromatic heterocycles. The summed E-state index contributed by atoms with van der Waals surface area (Å²) in [4.78, 5) is 61.8. The van der Waals surface area contributed by atoms with Crippen LogP contribution in [0.2, 0.25) is 0 Å². The zero-order chi connectivity index (χ0) is 80.5. The van der Waals surface area contributed by atoms with Crippen molar-refractivity contribution in [3.8, 4) is 62.5 Å². The van der Waals surface area contributed by atoms with Gasteiger partial charge in [-0.25, -0.2) is 23.6 Å². The molecule has 0 fully saturated rings. The van der Waals surface area contributed by atoms with E-state index in [4.69, 9.17) is 11.3 Å². The second-order valence-corrected chi connectivity index (χ2v) is 28.4. The Morgan fingerprint density at radius 1 is 0.294 bits per heavy atom. The number of benzene rings is 16. The average Bonchev–Trinajstić information content (AvgIpc) is 1.67. The predicted molar refractivity (Wildman–Crippen MR) is 478 cm³/mol. The molecule has 16 aromatic carbocycles. The Labute approximate surface area is 683 Å². The van der Waals surface area contributed by atoms with E-state index in [1.54, 1.807) is 0 Å². The summed E-state index contributed by atoms with van der Waals surface area (Å²) in [6.07, 6.45) is 0. The quantitative estimate of drug-likeness (QED) is 0.0592. The van der Waals surface area contributed by atoms with Gasteiger partial charge in [0.05, 0.1) is 5.39 Å². The van der Waals surface area contributed by atoms with Gasteiger partial charge in [-0.1, -0.05) is 225 Å². The number of para-hydroxylation sites is 8. The van der Waals surface area contributed by atoms with E-state index >= 15 is 0 Å². The van der Waals surface area contributed by atoms with Crippen molar-refractivity contribution >= 4 is 135 Å². The van der Waals surface area contributed by atoms with E-state index in [0.29, 0.717) is 32.6 Å². The Kier molecular flexibility index (Phi) is 18.9. The van der Waals surface area contributed by atoms with E-state index in [2.05, 4.69) is 235 Å². The number of pyridine rings is 2. The lowest BCUT2D eigenvalue weighted by molar-refractivity contribution is -0.121. The van der Waals surface area contributed by atoms with E-state index in [1.165, 1.54) is 8.80 Å². The van der Waals surface area contributed by atoms with E-state index in [1.807, 2.05) is 200 Å². The van der Waals surface area contributed by atoms with Gasteiger partial charge in [-0.05, 0) is 225 Å². The van der Waals surface area contributed by atoms with E-state index in [-0.39, 0.29) is 40.8 Å². The third kappa shape index (κ3) is 13.0. The number of hydrogen-bond donors (Lipinski definition) is 0. The molecule has 560 valence electrons. The Bertz CT molecular complexity index is 7020. The molecule has 0 aliphatic heterocycles. The molecular formula is C104H65N11O4. The summed E-state index contributed by atoms with van der Waals surface area (Å²) >= 11 is 0. The number of nitrogens with zero attached hydrogens (tertiary/aromatic N) is 11. The molecule has 0 aliphatic carbocycles. The van der Waals surface area contributed by atoms with Crippen LogP contribution in [-0.4, -0.2) is 25.2 Å². The first-order valence-corrected chi connectivity index (χ1v) is 38.6. The van der Waals surface area contributed by atoms with E-state index in [0.717, 1.165) is 129 Å². The highest BCUT2D eigenvalue weighted by Crippen LogP contribution is 2.48. The van der Waals surface area contributed by atoms with Crippen LogP contribution in [0.25, 0.3) is 104 Å². The Hall–Kier alpha value is -17.1. The van der Waals surface area contributed by atoms with Gasteiger partial charge in [-0.2, -0.15) is 10.5 Å². The van der Waals surface area contributed by atoms with Crippen molar-refractivity contribution in [2.24, 2.45) is 0 Å². The molecule has 0 saturated carbocycles. The minimum atomic E-state index is -0.439. The molecule has 0 saturated heterocycles. The molecular weight excluding hydrogens is 1470 g/mol. The second kappa shape index (κ2) is 31.1. The monoisotopic (exact) mass is 1530 g/mol. The summed E-state index contributed by atoms with van der Waals surface area (Å²) in [5.41, 5.74) is 19.3. The molecule has 4 heterocycles. The normalized spacial score (nSPS) is 11.1. The van der Waals surface area contributed by atoms with Crippen molar-refractivity contribution in [1.29, 1.82) is 10.5 Å². The average molecular weight is 1530 g/mol. The van der Waals surface area contributed by atoms with Gasteiger partial charge in [0.25, 0.3) is 17.8 Å². The van der Waals surface area contributed by atoms with Crippen molar-refractivity contribution in [3.05, 3.63) is 432 Å². The number of imidazole rings is 2. The lowest BCUT2D eigenvalue weighted by Gasteiger charge is -2.26. The maximum Gasteiger partial charge on any atom is 0.332 e. The highest BCUT2D eigenvalue weighted by molar-refractivity contribution is 6.24. The molecule has 0 unspecified atom stereocenters. The SMILES string of the molecule is N#Cc1nc2c3ccc(-c4ccc(N(c5ccccc5)c5ccccc5)cc4)c4c(-c5ccc(N(c6ccccc6)c6ccccc6)cc5)ccc(c(=O)n2c1OC=O)c43.[C-]#[N+]c1c(C#N)nc2c3ccc(-c4ccc(N(c5ccccc5)c5ccccc5)cc4)c4c(-c5ccc(N(c6ccccc6)c6ccccc6)cc5)ccc(c(=O)n12)c43. The van der Waals surface area contributed by atoms with Gasteiger partial charge < -0.3 is 29.2 Å². The van der Waals surface area contributed by atoms with Crippen molar-refractivity contribution in [3.63, 3.8) is 0 Å². The first-order chi connectivity index (χ1) is 58.7. The molecule has 15 heteroatoms. The number of ether oxygens (including phenoxy) is 1. The zero-order valence-corrected chi connectivity index (χ0v) is 63.6. The molecule has 0 aliphatic rings. The summed E-state index contributed by atoms with van der Waals surface area (Å²) < 4.78 is 7.70. The van der Waals surface area contributed by atoms with Gasteiger partial charge in [0.1, 0.15) is 12.1 Å². The number of carbonyl (C=O) groups excluding carboxylic acids is 1. The van der Waals surface area contributed by atoms with Crippen LogP contribution >= 0.6 is 0 Å². The fourth-order valence-corrected chi connectivity index (χ4v) is 16.5.